The van der Waals surface area contributed by atoms with Gasteiger partial charge >= 0.3 is 6.09 Å². The first-order valence-electron chi connectivity index (χ1n) is 10.1. The van der Waals surface area contributed by atoms with Gasteiger partial charge in [-0.05, 0) is 55.5 Å². The van der Waals surface area contributed by atoms with Gasteiger partial charge in [0.25, 0.3) is 0 Å². The van der Waals surface area contributed by atoms with Crippen molar-refractivity contribution in [1.29, 1.82) is 0 Å². The third-order valence-corrected chi connectivity index (χ3v) is 5.27. The summed E-state index contributed by atoms with van der Waals surface area (Å²) in [7, 11) is 0. The second kappa shape index (κ2) is 9.80. The second-order valence-corrected chi connectivity index (χ2v) is 8.07. The standard InChI is InChI=1S/C25H28ClNO2/c1-18-9-6-10-21(17-18)11-8-16-27(25(28)29-20(3)26)19(2)23-15-7-13-22-12-4-5-14-24(22)23/h4-7,9-10,12-15,17,19-20H,8,11,16H2,1-3H3/t19-,20?/m1/s1. The third kappa shape index (κ3) is 5.51. The highest BCUT2D eigenvalue weighted by Gasteiger charge is 2.25. The van der Waals surface area contributed by atoms with Crippen LogP contribution in [0.2, 0.25) is 0 Å². The highest BCUT2D eigenvalue weighted by molar-refractivity contribution is 6.19. The lowest BCUT2D eigenvalue weighted by molar-refractivity contribution is 0.0823. The molecule has 0 bridgehead atoms. The number of carbonyl (C=O) groups is 1. The maximum atomic E-state index is 12.8. The van der Waals surface area contributed by atoms with E-state index in [0.29, 0.717) is 6.54 Å². The van der Waals surface area contributed by atoms with Crippen LogP contribution >= 0.6 is 11.6 Å². The molecule has 0 heterocycles. The Labute approximate surface area is 178 Å². The average molecular weight is 410 g/mol. The van der Waals surface area contributed by atoms with Crippen molar-refractivity contribution >= 4 is 28.5 Å². The van der Waals surface area contributed by atoms with Crippen LogP contribution in [0.4, 0.5) is 4.79 Å². The monoisotopic (exact) mass is 409 g/mol. The molecule has 152 valence electrons. The lowest BCUT2D eigenvalue weighted by Gasteiger charge is -2.30. The van der Waals surface area contributed by atoms with Gasteiger partial charge in [-0.3, -0.25) is 0 Å². The van der Waals surface area contributed by atoms with Crippen molar-refractivity contribution < 1.29 is 9.53 Å². The Hall–Kier alpha value is -2.52. The molecule has 0 N–H and O–H groups in total. The number of aryl methyl sites for hydroxylation is 2. The summed E-state index contributed by atoms with van der Waals surface area (Å²) in [5.41, 5.74) is 2.97. The van der Waals surface area contributed by atoms with E-state index in [1.807, 2.05) is 18.2 Å². The van der Waals surface area contributed by atoms with Gasteiger partial charge in [0, 0.05) is 6.54 Å². The van der Waals surface area contributed by atoms with E-state index in [0.717, 1.165) is 29.2 Å². The molecule has 1 unspecified atom stereocenters. The fourth-order valence-corrected chi connectivity index (χ4v) is 3.83. The van der Waals surface area contributed by atoms with E-state index >= 15 is 0 Å². The molecule has 0 aliphatic carbocycles. The third-order valence-electron chi connectivity index (χ3n) is 5.19. The topological polar surface area (TPSA) is 29.5 Å². The Kier molecular flexibility index (Phi) is 7.16. The minimum Gasteiger partial charge on any atom is -0.430 e. The van der Waals surface area contributed by atoms with Crippen LogP contribution in [0.1, 0.15) is 43.0 Å². The quantitative estimate of drug-likeness (QED) is 0.398. The molecule has 0 fully saturated rings. The summed E-state index contributed by atoms with van der Waals surface area (Å²) in [6.45, 7) is 6.40. The molecule has 3 nitrogen and oxygen atoms in total. The molecule has 0 saturated carbocycles. The SMILES string of the molecule is Cc1cccc(CCCN(C(=O)OC(C)Cl)[C@H](C)c2cccc3ccccc23)c1. The minimum atomic E-state index is -0.665. The van der Waals surface area contributed by atoms with Gasteiger partial charge in [-0.25, -0.2) is 4.79 Å². The van der Waals surface area contributed by atoms with E-state index in [1.54, 1.807) is 11.8 Å². The summed E-state index contributed by atoms with van der Waals surface area (Å²) in [5, 5.41) is 2.31. The molecule has 0 aromatic heterocycles. The second-order valence-electron chi connectivity index (χ2n) is 7.46. The molecule has 3 aromatic carbocycles. The van der Waals surface area contributed by atoms with E-state index in [1.165, 1.54) is 11.1 Å². The number of benzene rings is 3. The molecule has 3 rings (SSSR count). The Morgan fingerprint density at radius 1 is 1.03 bits per heavy atom. The average Bonchev–Trinajstić information content (AvgIpc) is 2.70. The molecule has 0 aliphatic rings. The van der Waals surface area contributed by atoms with Gasteiger partial charge in [-0.15, -0.1) is 0 Å². The molecule has 29 heavy (non-hydrogen) atoms. The molecular formula is C25H28ClNO2. The van der Waals surface area contributed by atoms with Crippen LogP contribution in [0.15, 0.2) is 66.7 Å². The predicted octanol–water partition coefficient (Wildman–Crippen LogP) is 6.87. The van der Waals surface area contributed by atoms with E-state index in [9.17, 15) is 4.79 Å². The van der Waals surface area contributed by atoms with Crippen LogP contribution in [0.5, 0.6) is 0 Å². The van der Waals surface area contributed by atoms with Crippen LogP contribution in [0.25, 0.3) is 10.8 Å². The first-order chi connectivity index (χ1) is 14.0. The van der Waals surface area contributed by atoms with Gasteiger partial charge in [0.15, 0.2) is 5.56 Å². The van der Waals surface area contributed by atoms with Gasteiger partial charge in [-0.2, -0.15) is 0 Å². The number of carbonyl (C=O) groups excluding carboxylic acids is 1. The molecule has 0 spiro atoms. The normalized spacial score (nSPS) is 13.1. The zero-order valence-corrected chi connectivity index (χ0v) is 18.0. The lowest BCUT2D eigenvalue weighted by atomic mass is 9.98. The van der Waals surface area contributed by atoms with Crippen molar-refractivity contribution in [3.63, 3.8) is 0 Å². The Bertz CT molecular complexity index is 964. The van der Waals surface area contributed by atoms with Crippen LogP contribution in [-0.4, -0.2) is 23.1 Å². The molecule has 1 amide bonds. The maximum Gasteiger partial charge on any atom is 0.411 e. The Morgan fingerprint density at radius 2 is 1.76 bits per heavy atom. The zero-order valence-electron chi connectivity index (χ0n) is 17.3. The van der Waals surface area contributed by atoms with Crippen molar-refractivity contribution in [3.8, 4) is 0 Å². The van der Waals surface area contributed by atoms with Gasteiger partial charge in [0.2, 0.25) is 0 Å². The summed E-state index contributed by atoms with van der Waals surface area (Å²) in [5.74, 6) is 0. The highest BCUT2D eigenvalue weighted by atomic mass is 35.5. The van der Waals surface area contributed by atoms with E-state index in [2.05, 4.69) is 62.4 Å². The highest BCUT2D eigenvalue weighted by Crippen LogP contribution is 2.29. The molecule has 0 radical (unpaired) electrons. The molecule has 2 atom stereocenters. The molecule has 0 aliphatic heterocycles. The van der Waals surface area contributed by atoms with Gasteiger partial charge in [0.1, 0.15) is 0 Å². The number of nitrogens with zero attached hydrogens (tertiary/aromatic N) is 1. The van der Waals surface area contributed by atoms with E-state index < -0.39 is 5.56 Å². The molecule has 0 saturated heterocycles. The largest absolute Gasteiger partial charge is 0.430 e. The summed E-state index contributed by atoms with van der Waals surface area (Å²) in [4.78, 5) is 14.6. The summed E-state index contributed by atoms with van der Waals surface area (Å²) in [6, 6.07) is 22.8. The Balaban J connectivity index is 1.81. The molecule has 3 aromatic rings. The van der Waals surface area contributed by atoms with Crippen LogP contribution in [0, 0.1) is 6.92 Å². The fraction of sp³-hybridized carbons (Fsp3) is 0.320. The number of amides is 1. The lowest BCUT2D eigenvalue weighted by Crippen LogP contribution is -2.36. The van der Waals surface area contributed by atoms with Crippen molar-refractivity contribution in [2.75, 3.05) is 6.54 Å². The zero-order chi connectivity index (χ0) is 20.8. The van der Waals surface area contributed by atoms with Gasteiger partial charge < -0.3 is 9.64 Å². The Morgan fingerprint density at radius 3 is 2.52 bits per heavy atom. The van der Waals surface area contributed by atoms with Crippen LogP contribution in [-0.2, 0) is 11.2 Å². The number of alkyl halides is 1. The van der Waals surface area contributed by atoms with Crippen molar-refractivity contribution in [1.82, 2.24) is 4.90 Å². The number of halogens is 1. The van der Waals surface area contributed by atoms with Crippen LogP contribution < -0.4 is 0 Å². The first-order valence-corrected chi connectivity index (χ1v) is 10.5. The van der Waals surface area contributed by atoms with Crippen molar-refractivity contribution in [3.05, 3.63) is 83.4 Å². The predicted molar refractivity (Wildman–Crippen MR) is 120 cm³/mol. The molecular weight excluding hydrogens is 382 g/mol. The summed E-state index contributed by atoms with van der Waals surface area (Å²) >= 11 is 5.94. The van der Waals surface area contributed by atoms with Crippen molar-refractivity contribution in [2.45, 2.75) is 45.2 Å². The number of ether oxygens (including phenoxy) is 1. The van der Waals surface area contributed by atoms with Crippen LogP contribution in [0.3, 0.4) is 0 Å². The number of fused-ring (bicyclic) bond motifs is 1. The number of hydrogen-bond acceptors (Lipinski definition) is 2. The first kappa shape index (κ1) is 21.2. The fourth-order valence-electron chi connectivity index (χ4n) is 3.75. The van der Waals surface area contributed by atoms with E-state index in [4.69, 9.17) is 16.3 Å². The van der Waals surface area contributed by atoms with Gasteiger partial charge in [0.05, 0.1) is 6.04 Å². The van der Waals surface area contributed by atoms with Gasteiger partial charge in [-0.1, -0.05) is 83.9 Å². The van der Waals surface area contributed by atoms with E-state index in [-0.39, 0.29) is 12.1 Å². The number of hydrogen-bond donors (Lipinski definition) is 0. The molecule has 4 heteroatoms. The minimum absolute atomic E-state index is 0.124. The summed E-state index contributed by atoms with van der Waals surface area (Å²) in [6.07, 6.45) is 1.38. The van der Waals surface area contributed by atoms with Crippen molar-refractivity contribution in [2.24, 2.45) is 0 Å². The summed E-state index contributed by atoms with van der Waals surface area (Å²) < 4.78 is 5.34. The smallest absolute Gasteiger partial charge is 0.411 e. The number of rotatable bonds is 7. The maximum absolute atomic E-state index is 12.8.